The summed E-state index contributed by atoms with van der Waals surface area (Å²) in [7, 11) is 0. The Balaban J connectivity index is 0.00000392. The lowest BCUT2D eigenvalue weighted by Crippen LogP contribution is -2.48. The third-order valence-corrected chi connectivity index (χ3v) is 5.87. The van der Waals surface area contributed by atoms with Crippen LogP contribution in [0.1, 0.15) is 44.3 Å². The van der Waals surface area contributed by atoms with Crippen molar-refractivity contribution in [1.82, 2.24) is 20.5 Å². The maximum absolute atomic E-state index is 5.50. The minimum Gasteiger partial charge on any atom is -0.379 e. The number of ether oxygens (including phenoxy) is 1. The zero-order valence-electron chi connectivity index (χ0n) is 17.9. The molecule has 6 nitrogen and oxygen atoms in total. The molecule has 2 N–H and O–H groups in total. The van der Waals surface area contributed by atoms with Gasteiger partial charge in [0.1, 0.15) is 0 Å². The molecule has 0 saturated carbocycles. The molecule has 0 bridgehead atoms. The van der Waals surface area contributed by atoms with Crippen molar-refractivity contribution in [3.05, 3.63) is 16.1 Å². The van der Waals surface area contributed by atoms with Crippen LogP contribution in [0.15, 0.2) is 10.4 Å². The number of aliphatic imine (C=N–C) groups is 1. The second kappa shape index (κ2) is 14.5. The molecule has 2 heterocycles. The summed E-state index contributed by atoms with van der Waals surface area (Å²) < 4.78 is 5.50. The van der Waals surface area contributed by atoms with Gasteiger partial charge >= 0.3 is 0 Å². The first-order chi connectivity index (χ1) is 13.1. The molecular formula is C20H38IN5OS. The molecule has 1 fully saturated rings. The lowest BCUT2D eigenvalue weighted by atomic mass is 10.0. The summed E-state index contributed by atoms with van der Waals surface area (Å²) in [5, 5.41) is 10.2. The average Bonchev–Trinajstić information content (AvgIpc) is 3.07. The Morgan fingerprint density at radius 3 is 2.64 bits per heavy atom. The molecule has 0 spiro atoms. The number of aromatic nitrogens is 1. The lowest BCUT2D eigenvalue weighted by molar-refractivity contribution is 0.00867. The average molecular weight is 524 g/mol. The Morgan fingerprint density at radius 2 is 2.04 bits per heavy atom. The van der Waals surface area contributed by atoms with Gasteiger partial charge in [0.25, 0.3) is 0 Å². The van der Waals surface area contributed by atoms with Gasteiger partial charge in [-0.1, -0.05) is 13.8 Å². The SMILES string of the molecule is CCNC(=NCC(C(C)C)N1CCOCC1)NCCCCc1nc(C)cs1.I. The summed E-state index contributed by atoms with van der Waals surface area (Å²) in [5.41, 5.74) is 1.13. The van der Waals surface area contributed by atoms with E-state index >= 15 is 0 Å². The zero-order valence-corrected chi connectivity index (χ0v) is 21.0. The summed E-state index contributed by atoms with van der Waals surface area (Å²) in [4.78, 5) is 11.9. The van der Waals surface area contributed by atoms with Gasteiger partial charge in [0.05, 0.1) is 24.8 Å². The van der Waals surface area contributed by atoms with Crippen LogP contribution in [-0.4, -0.2) is 67.8 Å². The highest BCUT2D eigenvalue weighted by molar-refractivity contribution is 14.0. The van der Waals surface area contributed by atoms with Crippen LogP contribution in [0.25, 0.3) is 0 Å². The van der Waals surface area contributed by atoms with Crippen molar-refractivity contribution in [1.29, 1.82) is 0 Å². The molecule has 1 aliphatic rings. The van der Waals surface area contributed by atoms with Gasteiger partial charge in [-0.25, -0.2) is 4.98 Å². The van der Waals surface area contributed by atoms with Crippen LogP contribution >= 0.6 is 35.3 Å². The third kappa shape index (κ3) is 9.37. The molecule has 2 rings (SSSR count). The second-order valence-corrected chi connectivity index (χ2v) is 8.39. The van der Waals surface area contributed by atoms with Gasteiger partial charge in [-0.15, -0.1) is 35.3 Å². The first kappa shape index (κ1) is 25.6. The molecule has 0 amide bonds. The molecule has 1 saturated heterocycles. The molecule has 0 aromatic carbocycles. The van der Waals surface area contributed by atoms with E-state index in [1.165, 1.54) is 5.01 Å². The number of morpholine rings is 1. The number of rotatable bonds is 10. The van der Waals surface area contributed by atoms with Gasteiger partial charge in [-0.05, 0) is 39.0 Å². The lowest BCUT2D eigenvalue weighted by Gasteiger charge is -2.36. The van der Waals surface area contributed by atoms with Gasteiger partial charge in [-0.3, -0.25) is 9.89 Å². The maximum atomic E-state index is 5.50. The zero-order chi connectivity index (χ0) is 19.5. The number of nitrogens with one attached hydrogen (secondary N) is 2. The largest absolute Gasteiger partial charge is 0.379 e. The number of hydrogen-bond donors (Lipinski definition) is 2. The van der Waals surface area contributed by atoms with E-state index in [9.17, 15) is 0 Å². The van der Waals surface area contributed by atoms with Crippen LogP contribution in [0.2, 0.25) is 0 Å². The standard InChI is InChI=1S/C20H37N5OS.HI/c1-5-21-20(22-9-7-6-8-19-24-17(4)15-27-19)23-14-18(16(2)3)25-10-12-26-13-11-25;/h15-16,18H,5-14H2,1-4H3,(H2,21,22,23);1H. The van der Waals surface area contributed by atoms with E-state index in [4.69, 9.17) is 9.73 Å². The predicted octanol–water partition coefficient (Wildman–Crippen LogP) is 3.30. The number of hydrogen-bond acceptors (Lipinski definition) is 5. The van der Waals surface area contributed by atoms with Crippen LogP contribution in [0, 0.1) is 12.8 Å². The van der Waals surface area contributed by atoms with E-state index in [1.54, 1.807) is 11.3 Å². The molecule has 162 valence electrons. The van der Waals surface area contributed by atoms with E-state index in [1.807, 2.05) is 0 Å². The van der Waals surface area contributed by atoms with Gasteiger partial charge in [0.15, 0.2) is 5.96 Å². The molecular weight excluding hydrogens is 485 g/mol. The topological polar surface area (TPSA) is 61.8 Å². The van der Waals surface area contributed by atoms with E-state index in [0.717, 1.165) is 76.9 Å². The number of guanidine groups is 1. The van der Waals surface area contributed by atoms with E-state index < -0.39 is 0 Å². The summed E-state index contributed by atoms with van der Waals surface area (Å²) >= 11 is 1.77. The summed E-state index contributed by atoms with van der Waals surface area (Å²) in [6.45, 7) is 15.1. The van der Waals surface area contributed by atoms with Gasteiger partial charge < -0.3 is 15.4 Å². The fraction of sp³-hybridized carbons (Fsp3) is 0.800. The molecule has 28 heavy (non-hydrogen) atoms. The Kier molecular flexibility index (Phi) is 13.3. The van der Waals surface area contributed by atoms with Gasteiger partial charge in [-0.2, -0.15) is 0 Å². The molecule has 1 aromatic rings. The van der Waals surface area contributed by atoms with E-state index in [0.29, 0.717) is 12.0 Å². The minimum absolute atomic E-state index is 0. The third-order valence-electron chi connectivity index (χ3n) is 4.84. The predicted molar refractivity (Wildman–Crippen MR) is 130 cm³/mol. The number of nitrogens with zero attached hydrogens (tertiary/aromatic N) is 3. The summed E-state index contributed by atoms with van der Waals surface area (Å²) in [5.74, 6) is 1.51. The highest BCUT2D eigenvalue weighted by Gasteiger charge is 2.23. The number of halogens is 1. The number of aryl methyl sites for hydroxylation is 2. The van der Waals surface area contributed by atoms with Crippen LogP contribution < -0.4 is 10.6 Å². The van der Waals surface area contributed by atoms with E-state index in [2.05, 4.69) is 53.6 Å². The van der Waals surface area contributed by atoms with E-state index in [-0.39, 0.29) is 24.0 Å². The first-order valence-corrected chi connectivity index (χ1v) is 11.2. The minimum atomic E-state index is 0. The van der Waals surface area contributed by atoms with Crippen molar-refractivity contribution >= 4 is 41.3 Å². The Morgan fingerprint density at radius 1 is 1.29 bits per heavy atom. The van der Waals surface area contributed by atoms with Crippen molar-refractivity contribution in [3.63, 3.8) is 0 Å². The highest BCUT2D eigenvalue weighted by Crippen LogP contribution is 2.13. The second-order valence-electron chi connectivity index (χ2n) is 7.45. The van der Waals surface area contributed by atoms with Crippen LogP contribution in [0.4, 0.5) is 0 Å². The molecule has 0 aliphatic carbocycles. The van der Waals surface area contributed by atoms with Gasteiger partial charge in [0, 0.05) is 43.3 Å². The van der Waals surface area contributed by atoms with Crippen molar-refractivity contribution < 1.29 is 4.74 Å². The van der Waals surface area contributed by atoms with Crippen molar-refractivity contribution in [2.45, 2.75) is 53.0 Å². The van der Waals surface area contributed by atoms with Crippen molar-refractivity contribution in [2.75, 3.05) is 45.9 Å². The molecule has 1 aromatic heterocycles. The molecule has 8 heteroatoms. The smallest absolute Gasteiger partial charge is 0.191 e. The van der Waals surface area contributed by atoms with Crippen LogP contribution in [0.5, 0.6) is 0 Å². The quantitative estimate of drug-likeness (QED) is 0.213. The monoisotopic (exact) mass is 523 g/mol. The Labute approximate surface area is 192 Å². The summed E-state index contributed by atoms with van der Waals surface area (Å²) in [6.07, 6.45) is 3.35. The normalized spacial score (nSPS) is 16.7. The highest BCUT2D eigenvalue weighted by atomic mass is 127. The Bertz CT molecular complexity index is 561. The number of unbranched alkanes of at least 4 members (excludes halogenated alkanes) is 1. The molecule has 0 radical (unpaired) electrons. The summed E-state index contributed by atoms with van der Waals surface area (Å²) in [6, 6.07) is 0.470. The van der Waals surface area contributed by atoms with Crippen LogP contribution in [0.3, 0.4) is 0 Å². The van der Waals surface area contributed by atoms with Gasteiger partial charge in [0.2, 0.25) is 0 Å². The molecule has 1 aliphatic heterocycles. The first-order valence-electron chi connectivity index (χ1n) is 10.3. The van der Waals surface area contributed by atoms with Crippen molar-refractivity contribution in [2.24, 2.45) is 10.9 Å². The Hall–Kier alpha value is -0.450. The maximum Gasteiger partial charge on any atom is 0.191 e. The van der Waals surface area contributed by atoms with Crippen LogP contribution in [-0.2, 0) is 11.2 Å². The van der Waals surface area contributed by atoms with Crippen molar-refractivity contribution in [3.8, 4) is 0 Å². The molecule has 1 unspecified atom stereocenters. The fourth-order valence-corrected chi connectivity index (χ4v) is 4.13. The fourth-order valence-electron chi connectivity index (χ4n) is 3.31. The molecule has 1 atom stereocenters. The number of thiazole rings is 1.